The summed E-state index contributed by atoms with van der Waals surface area (Å²) in [6.45, 7) is 2.24. The SMILES string of the molecule is CN1C(=O)CC(Nc2ccc(N3CCCC3)cc2)C1=O. The second-order valence-corrected chi connectivity index (χ2v) is 5.43. The number of anilines is 2. The van der Waals surface area contributed by atoms with Crippen LogP contribution in [0.25, 0.3) is 0 Å². The molecular weight excluding hydrogens is 254 g/mol. The maximum Gasteiger partial charge on any atom is 0.251 e. The number of carbonyl (C=O) groups excluding carboxylic acids is 2. The van der Waals surface area contributed by atoms with Gasteiger partial charge in [-0.1, -0.05) is 0 Å². The standard InChI is InChI=1S/C15H19N3O2/c1-17-14(19)10-13(15(17)20)16-11-4-6-12(7-5-11)18-8-2-3-9-18/h4-7,13,16H,2-3,8-10H2,1H3. The van der Waals surface area contributed by atoms with Crippen molar-refractivity contribution in [3.63, 3.8) is 0 Å². The zero-order valence-corrected chi connectivity index (χ0v) is 11.6. The topological polar surface area (TPSA) is 52.7 Å². The van der Waals surface area contributed by atoms with Crippen LogP contribution in [-0.2, 0) is 9.59 Å². The van der Waals surface area contributed by atoms with Gasteiger partial charge in [0.2, 0.25) is 5.91 Å². The lowest BCUT2D eigenvalue weighted by molar-refractivity contribution is -0.136. The molecule has 2 amide bonds. The molecule has 2 saturated heterocycles. The minimum Gasteiger partial charge on any atom is -0.373 e. The van der Waals surface area contributed by atoms with Crippen molar-refractivity contribution in [2.24, 2.45) is 0 Å². The fourth-order valence-electron chi connectivity index (χ4n) is 2.81. The van der Waals surface area contributed by atoms with Crippen LogP contribution >= 0.6 is 0 Å². The van der Waals surface area contributed by atoms with Crippen molar-refractivity contribution < 1.29 is 9.59 Å². The predicted octanol–water partition coefficient (Wildman–Crippen LogP) is 1.46. The molecule has 5 nitrogen and oxygen atoms in total. The Morgan fingerprint density at radius 2 is 1.75 bits per heavy atom. The van der Waals surface area contributed by atoms with Crippen molar-refractivity contribution in [1.82, 2.24) is 4.90 Å². The van der Waals surface area contributed by atoms with Crippen LogP contribution in [0.3, 0.4) is 0 Å². The summed E-state index contributed by atoms with van der Waals surface area (Å²) < 4.78 is 0. The second-order valence-electron chi connectivity index (χ2n) is 5.43. The molecule has 2 aliphatic heterocycles. The number of carbonyl (C=O) groups is 2. The Labute approximate surface area is 118 Å². The van der Waals surface area contributed by atoms with Gasteiger partial charge in [0.1, 0.15) is 6.04 Å². The first-order chi connectivity index (χ1) is 9.65. The van der Waals surface area contributed by atoms with Crippen molar-refractivity contribution >= 4 is 23.2 Å². The van der Waals surface area contributed by atoms with Gasteiger partial charge in [-0.05, 0) is 37.1 Å². The van der Waals surface area contributed by atoms with E-state index in [1.165, 1.54) is 30.5 Å². The number of imide groups is 1. The summed E-state index contributed by atoms with van der Waals surface area (Å²) in [6, 6.07) is 7.66. The third-order valence-electron chi connectivity index (χ3n) is 4.06. The lowest BCUT2D eigenvalue weighted by atomic mass is 10.2. The molecule has 20 heavy (non-hydrogen) atoms. The smallest absolute Gasteiger partial charge is 0.251 e. The van der Waals surface area contributed by atoms with E-state index in [4.69, 9.17) is 0 Å². The molecular formula is C15H19N3O2. The Hall–Kier alpha value is -2.04. The fourth-order valence-corrected chi connectivity index (χ4v) is 2.81. The van der Waals surface area contributed by atoms with Crippen LogP contribution in [0, 0.1) is 0 Å². The molecule has 2 fully saturated rings. The van der Waals surface area contributed by atoms with Gasteiger partial charge in [-0.3, -0.25) is 14.5 Å². The highest BCUT2D eigenvalue weighted by molar-refractivity contribution is 6.06. The maximum atomic E-state index is 11.8. The quantitative estimate of drug-likeness (QED) is 0.847. The molecule has 3 rings (SSSR count). The minimum atomic E-state index is -0.426. The van der Waals surface area contributed by atoms with Gasteiger partial charge in [-0.2, -0.15) is 0 Å². The molecule has 0 bridgehead atoms. The molecule has 0 spiro atoms. The number of amides is 2. The summed E-state index contributed by atoms with van der Waals surface area (Å²) in [5.74, 6) is -0.278. The molecule has 1 N–H and O–H groups in total. The van der Waals surface area contributed by atoms with E-state index in [9.17, 15) is 9.59 Å². The average Bonchev–Trinajstić information content (AvgIpc) is 3.06. The lowest BCUT2D eigenvalue weighted by Crippen LogP contribution is -2.31. The second kappa shape index (κ2) is 5.15. The Kier molecular flexibility index (Phi) is 3.34. The van der Waals surface area contributed by atoms with Crippen molar-refractivity contribution in [2.75, 3.05) is 30.4 Å². The zero-order chi connectivity index (χ0) is 14.1. The number of nitrogens with one attached hydrogen (secondary N) is 1. The van der Waals surface area contributed by atoms with E-state index in [0.29, 0.717) is 0 Å². The molecule has 1 unspecified atom stereocenters. The molecule has 2 aliphatic rings. The molecule has 1 atom stereocenters. The van der Waals surface area contributed by atoms with E-state index in [2.05, 4.69) is 22.3 Å². The van der Waals surface area contributed by atoms with Crippen LogP contribution in [0.4, 0.5) is 11.4 Å². The van der Waals surface area contributed by atoms with Crippen molar-refractivity contribution in [1.29, 1.82) is 0 Å². The van der Waals surface area contributed by atoms with E-state index in [1.54, 1.807) is 0 Å². The number of likely N-dealkylation sites (N-methyl/N-ethyl adjacent to an activating group) is 1. The molecule has 0 saturated carbocycles. The number of nitrogens with zero attached hydrogens (tertiary/aromatic N) is 2. The van der Waals surface area contributed by atoms with Gasteiger partial charge in [-0.25, -0.2) is 0 Å². The Morgan fingerprint density at radius 1 is 1.10 bits per heavy atom. The summed E-state index contributed by atoms with van der Waals surface area (Å²) in [5, 5.41) is 3.14. The van der Waals surface area contributed by atoms with Gasteiger partial charge < -0.3 is 10.2 Å². The van der Waals surface area contributed by atoms with Gasteiger partial charge >= 0.3 is 0 Å². The lowest BCUT2D eigenvalue weighted by Gasteiger charge is -2.18. The van der Waals surface area contributed by atoms with Gasteiger partial charge in [-0.15, -0.1) is 0 Å². The first-order valence-corrected chi connectivity index (χ1v) is 7.07. The molecule has 5 heteroatoms. The number of rotatable bonds is 3. The average molecular weight is 273 g/mol. The van der Waals surface area contributed by atoms with Crippen LogP contribution in [0.1, 0.15) is 19.3 Å². The van der Waals surface area contributed by atoms with E-state index >= 15 is 0 Å². The Balaban J connectivity index is 1.66. The van der Waals surface area contributed by atoms with Crippen LogP contribution in [-0.4, -0.2) is 42.9 Å². The summed E-state index contributed by atoms with van der Waals surface area (Å²) in [6.07, 6.45) is 2.75. The largest absolute Gasteiger partial charge is 0.373 e. The highest BCUT2D eigenvalue weighted by atomic mass is 16.2. The molecule has 1 aromatic carbocycles. The minimum absolute atomic E-state index is 0.124. The Bertz CT molecular complexity index is 520. The molecule has 1 aromatic rings. The predicted molar refractivity (Wildman–Crippen MR) is 77.7 cm³/mol. The first-order valence-electron chi connectivity index (χ1n) is 7.07. The normalized spacial score (nSPS) is 22.8. The number of benzene rings is 1. The summed E-state index contributed by atoms with van der Waals surface area (Å²) in [4.78, 5) is 26.9. The van der Waals surface area contributed by atoms with E-state index in [0.717, 1.165) is 18.8 Å². The van der Waals surface area contributed by atoms with Crippen LogP contribution in [0.2, 0.25) is 0 Å². The van der Waals surface area contributed by atoms with E-state index < -0.39 is 6.04 Å². The number of hydrogen-bond donors (Lipinski definition) is 1. The third-order valence-corrected chi connectivity index (χ3v) is 4.06. The molecule has 2 heterocycles. The van der Waals surface area contributed by atoms with E-state index in [1.807, 2.05) is 12.1 Å². The number of hydrogen-bond acceptors (Lipinski definition) is 4. The highest BCUT2D eigenvalue weighted by Crippen LogP contribution is 2.23. The van der Waals surface area contributed by atoms with E-state index in [-0.39, 0.29) is 18.2 Å². The molecule has 0 radical (unpaired) electrons. The summed E-state index contributed by atoms with van der Waals surface area (Å²) in [7, 11) is 1.53. The molecule has 106 valence electrons. The Morgan fingerprint density at radius 3 is 2.30 bits per heavy atom. The first kappa shape index (κ1) is 13.0. The monoisotopic (exact) mass is 273 g/mol. The number of likely N-dealkylation sites (tertiary alicyclic amines) is 1. The summed E-state index contributed by atoms with van der Waals surface area (Å²) >= 11 is 0. The molecule has 0 aliphatic carbocycles. The summed E-state index contributed by atoms with van der Waals surface area (Å²) in [5.41, 5.74) is 2.10. The van der Waals surface area contributed by atoms with Crippen LogP contribution < -0.4 is 10.2 Å². The highest BCUT2D eigenvalue weighted by Gasteiger charge is 2.35. The van der Waals surface area contributed by atoms with Crippen molar-refractivity contribution in [3.05, 3.63) is 24.3 Å². The van der Waals surface area contributed by atoms with Gasteiger partial charge in [0.15, 0.2) is 0 Å². The van der Waals surface area contributed by atoms with Gasteiger partial charge in [0.25, 0.3) is 5.91 Å². The van der Waals surface area contributed by atoms with Crippen molar-refractivity contribution in [3.8, 4) is 0 Å². The third kappa shape index (κ3) is 2.35. The van der Waals surface area contributed by atoms with Crippen LogP contribution in [0.15, 0.2) is 24.3 Å². The molecule has 0 aromatic heterocycles. The zero-order valence-electron chi connectivity index (χ0n) is 11.6. The fraction of sp³-hybridized carbons (Fsp3) is 0.467. The van der Waals surface area contributed by atoms with Gasteiger partial charge in [0, 0.05) is 31.5 Å². The van der Waals surface area contributed by atoms with Gasteiger partial charge in [0.05, 0.1) is 6.42 Å². The maximum absolute atomic E-state index is 11.8. The van der Waals surface area contributed by atoms with Crippen molar-refractivity contribution in [2.45, 2.75) is 25.3 Å². The van der Waals surface area contributed by atoms with Crippen LogP contribution in [0.5, 0.6) is 0 Å².